The first-order valence-corrected chi connectivity index (χ1v) is 12.8. The van der Waals surface area contributed by atoms with Crippen LogP contribution in [0.5, 0.6) is 0 Å². The zero-order valence-corrected chi connectivity index (χ0v) is 20.7. The first-order chi connectivity index (χ1) is 17.9. The monoisotopic (exact) mass is 505 g/mol. The fourth-order valence-corrected chi connectivity index (χ4v) is 5.41. The average Bonchev–Trinajstić information content (AvgIpc) is 3.46. The number of hydrogen-bond donors (Lipinski definition) is 2. The van der Waals surface area contributed by atoms with Crippen LogP contribution in [-0.2, 0) is 23.9 Å². The Morgan fingerprint density at radius 2 is 1.81 bits per heavy atom. The molecule has 3 heterocycles. The van der Waals surface area contributed by atoms with E-state index in [9.17, 15) is 19.2 Å². The second-order valence-electron chi connectivity index (χ2n) is 9.66. The SMILES string of the molecule is CCOC1OC(=O)CC1NC(=O)[C@@H]1CC[C@H]2CC=CC[C@H](NC(=O)c3ccc4ccccc4c3)C(=O)N21. The first kappa shape index (κ1) is 25.0. The van der Waals surface area contributed by atoms with Gasteiger partial charge in [-0.2, -0.15) is 0 Å². The van der Waals surface area contributed by atoms with E-state index in [0.29, 0.717) is 37.9 Å². The van der Waals surface area contributed by atoms with Crippen LogP contribution in [0.15, 0.2) is 54.6 Å². The number of esters is 1. The van der Waals surface area contributed by atoms with E-state index in [0.717, 1.165) is 10.8 Å². The summed E-state index contributed by atoms with van der Waals surface area (Å²) in [5, 5.41) is 7.73. The number of nitrogens with zero attached hydrogens (tertiary/aromatic N) is 1. The van der Waals surface area contributed by atoms with Gasteiger partial charge in [-0.1, -0.05) is 42.5 Å². The van der Waals surface area contributed by atoms with Gasteiger partial charge < -0.3 is 25.0 Å². The molecular formula is C28H31N3O6. The maximum absolute atomic E-state index is 13.7. The molecule has 2 saturated heterocycles. The molecule has 9 nitrogen and oxygen atoms in total. The number of amides is 3. The van der Waals surface area contributed by atoms with Crippen LogP contribution in [0.3, 0.4) is 0 Å². The van der Waals surface area contributed by atoms with Gasteiger partial charge in [-0.25, -0.2) is 0 Å². The minimum atomic E-state index is -0.835. The van der Waals surface area contributed by atoms with Crippen molar-refractivity contribution in [3.05, 3.63) is 60.2 Å². The molecule has 0 saturated carbocycles. The maximum Gasteiger partial charge on any atom is 0.310 e. The van der Waals surface area contributed by atoms with Crippen molar-refractivity contribution in [1.29, 1.82) is 0 Å². The second-order valence-corrected chi connectivity index (χ2v) is 9.66. The summed E-state index contributed by atoms with van der Waals surface area (Å²) in [5.74, 6) is -1.39. The number of hydrogen-bond acceptors (Lipinski definition) is 6. The van der Waals surface area contributed by atoms with Crippen molar-refractivity contribution in [3.8, 4) is 0 Å². The van der Waals surface area contributed by atoms with Gasteiger partial charge in [-0.3, -0.25) is 19.2 Å². The van der Waals surface area contributed by atoms with Gasteiger partial charge in [0.25, 0.3) is 5.91 Å². The number of carbonyl (C=O) groups excluding carboxylic acids is 4. The average molecular weight is 506 g/mol. The topological polar surface area (TPSA) is 114 Å². The molecule has 0 bridgehead atoms. The summed E-state index contributed by atoms with van der Waals surface area (Å²) in [7, 11) is 0. The van der Waals surface area contributed by atoms with Gasteiger partial charge in [0.05, 0.1) is 6.42 Å². The molecule has 194 valence electrons. The minimum Gasteiger partial charge on any atom is -0.433 e. The predicted molar refractivity (Wildman–Crippen MR) is 135 cm³/mol. The van der Waals surface area contributed by atoms with Gasteiger partial charge in [0.1, 0.15) is 18.1 Å². The standard InChI is InChI=1S/C28H31N3O6/c1-2-36-28-22(16-24(32)37-28)30-26(34)23-14-13-20-9-5-6-10-21(27(35)31(20)23)29-25(33)19-12-11-17-7-3-4-8-18(17)15-19/h3-8,11-12,15,20-23,28H,2,9-10,13-14,16H2,1H3,(H,29,33)(H,30,34)/t20-,21+,22?,23+,28?/m1/s1. The van der Waals surface area contributed by atoms with Gasteiger partial charge in [-0.15, -0.1) is 0 Å². The number of cyclic esters (lactones) is 1. The van der Waals surface area contributed by atoms with Crippen molar-refractivity contribution in [1.82, 2.24) is 15.5 Å². The van der Waals surface area contributed by atoms with Crippen molar-refractivity contribution in [2.75, 3.05) is 6.61 Å². The van der Waals surface area contributed by atoms with Crippen molar-refractivity contribution in [2.24, 2.45) is 0 Å². The first-order valence-electron chi connectivity index (χ1n) is 12.8. The summed E-state index contributed by atoms with van der Waals surface area (Å²) in [6.07, 6.45) is 5.28. The van der Waals surface area contributed by atoms with Crippen molar-refractivity contribution in [3.63, 3.8) is 0 Å². The highest BCUT2D eigenvalue weighted by atomic mass is 16.7. The number of nitrogens with one attached hydrogen (secondary N) is 2. The molecule has 2 aromatic carbocycles. The van der Waals surface area contributed by atoms with Gasteiger partial charge in [0, 0.05) is 18.2 Å². The van der Waals surface area contributed by atoms with Crippen molar-refractivity contribution in [2.45, 2.75) is 69.5 Å². The van der Waals surface area contributed by atoms with Gasteiger partial charge in [0.2, 0.25) is 18.1 Å². The summed E-state index contributed by atoms with van der Waals surface area (Å²) < 4.78 is 10.6. The van der Waals surface area contributed by atoms with E-state index in [1.54, 1.807) is 17.9 Å². The number of carbonyl (C=O) groups is 4. The summed E-state index contributed by atoms with van der Waals surface area (Å²) in [5.41, 5.74) is 0.470. The molecule has 5 rings (SSSR count). The van der Waals surface area contributed by atoms with Crippen LogP contribution in [0.2, 0.25) is 0 Å². The summed E-state index contributed by atoms with van der Waals surface area (Å²) >= 11 is 0. The van der Waals surface area contributed by atoms with Crippen LogP contribution in [0.25, 0.3) is 10.8 Å². The molecule has 9 heteroatoms. The molecule has 0 spiro atoms. The Balaban J connectivity index is 1.31. The Kier molecular flexibility index (Phi) is 7.23. The summed E-state index contributed by atoms with van der Waals surface area (Å²) in [6.45, 7) is 2.12. The number of rotatable bonds is 6. The molecule has 2 aromatic rings. The van der Waals surface area contributed by atoms with Crippen LogP contribution < -0.4 is 10.6 Å². The van der Waals surface area contributed by atoms with E-state index < -0.39 is 30.4 Å². The Bertz CT molecular complexity index is 1240. The van der Waals surface area contributed by atoms with Crippen LogP contribution >= 0.6 is 0 Å². The minimum absolute atomic E-state index is 0.0215. The second kappa shape index (κ2) is 10.7. The van der Waals surface area contributed by atoms with E-state index in [2.05, 4.69) is 10.6 Å². The molecule has 3 aliphatic rings. The van der Waals surface area contributed by atoms with Crippen molar-refractivity contribution >= 4 is 34.5 Å². The van der Waals surface area contributed by atoms with E-state index in [1.807, 2.05) is 48.6 Å². The van der Waals surface area contributed by atoms with Gasteiger partial charge in [-0.05, 0) is 55.5 Å². The normalized spacial score (nSPS) is 27.4. The highest BCUT2D eigenvalue weighted by molar-refractivity contribution is 6.01. The fraction of sp³-hybridized carbons (Fsp3) is 0.429. The molecule has 2 fully saturated rings. The molecule has 37 heavy (non-hydrogen) atoms. The number of ether oxygens (including phenoxy) is 2. The molecule has 2 unspecified atom stereocenters. The van der Waals surface area contributed by atoms with Crippen LogP contribution in [0, 0.1) is 0 Å². The molecular weight excluding hydrogens is 474 g/mol. The zero-order chi connectivity index (χ0) is 25.9. The van der Waals surface area contributed by atoms with Crippen LogP contribution in [0.1, 0.15) is 49.4 Å². The number of benzene rings is 2. The molecule has 0 aromatic heterocycles. The van der Waals surface area contributed by atoms with E-state index in [1.165, 1.54) is 0 Å². The lowest BCUT2D eigenvalue weighted by Crippen LogP contribution is -2.57. The quantitative estimate of drug-likeness (QED) is 0.461. The van der Waals surface area contributed by atoms with E-state index in [4.69, 9.17) is 9.47 Å². The lowest BCUT2D eigenvalue weighted by molar-refractivity contribution is -0.164. The lowest BCUT2D eigenvalue weighted by Gasteiger charge is -2.34. The Morgan fingerprint density at radius 3 is 2.62 bits per heavy atom. The number of fused-ring (bicyclic) bond motifs is 2. The fourth-order valence-electron chi connectivity index (χ4n) is 5.41. The van der Waals surface area contributed by atoms with Crippen LogP contribution in [0.4, 0.5) is 0 Å². The zero-order valence-electron chi connectivity index (χ0n) is 20.7. The highest BCUT2D eigenvalue weighted by Crippen LogP contribution is 2.30. The largest absolute Gasteiger partial charge is 0.433 e. The van der Waals surface area contributed by atoms with E-state index in [-0.39, 0.29) is 30.2 Å². The Morgan fingerprint density at radius 1 is 1.03 bits per heavy atom. The molecule has 2 N–H and O–H groups in total. The molecule has 0 radical (unpaired) electrons. The summed E-state index contributed by atoms with van der Waals surface area (Å²) in [6, 6.07) is 11.0. The van der Waals surface area contributed by atoms with Gasteiger partial charge >= 0.3 is 5.97 Å². The predicted octanol–water partition coefficient (Wildman–Crippen LogP) is 2.44. The molecule has 3 aliphatic heterocycles. The lowest BCUT2D eigenvalue weighted by atomic mass is 10.0. The molecule has 5 atom stereocenters. The van der Waals surface area contributed by atoms with Gasteiger partial charge in [0.15, 0.2) is 0 Å². The smallest absolute Gasteiger partial charge is 0.310 e. The third-order valence-electron chi connectivity index (χ3n) is 7.24. The summed E-state index contributed by atoms with van der Waals surface area (Å²) in [4.78, 5) is 53.5. The highest BCUT2D eigenvalue weighted by Gasteiger charge is 2.45. The third-order valence-corrected chi connectivity index (χ3v) is 7.24. The Labute approximate surface area is 215 Å². The maximum atomic E-state index is 13.7. The van der Waals surface area contributed by atoms with Crippen molar-refractivity contribution < 1.29 is 28.7 Å². The van der Waals surface area contributed by atoms with Crippen LogP contribution in [-0.4, -0.2) is 65.7 Å². The third kappa shape index (κ3) is 5.22. The molecule has 0 aliphatic carbocycles. The Hall–Kier alpha value is -3.72. The van der Waals surface area contributed by atoms with E-state index >= 15 is 0 Å². The molecule has 3 amide bonds.